The van der Waals surface area contributed by atoms with Gasteiger partial charge in [0.2, 0.25) is 12.6 Å². The minimum absolute atomic E-state index is 0.196. The average molecular weight is 200 g/mol. The molecule has 0 aliphatic carbocycles. The van der Waals surface area contributed by atoms with Gasteiger partial charge >= 0.3 is 0 Å². The third-order valence-electron chi connectivity index (χ3n) is 2.30. The van der Waals surface area contributed by atoms with E-state index < -0.39 is 5.92 Å². The van der Waals surface area contributed by atoms with Crippen LogP contribution in [0.25, 0.3) is 0 Å². The van der Waals surface area contributed by atoms with Crippen LogP contribution in [0.1, 0.15) is 17.9 Å². The SMILES string of the molecule is C=CCC(c1ccccc1)C([C]=O)[C]=O. The molecule has 0 aromatic heterocycles. The van der Waals surface area contributed by atoms with Gasteiger partial charge in [0.1, 0.15) is 0 Å². The average Bonchev–Trinajstić information content (AvgIpc) is 2.30. The van der Waals surface area contributed by atoms with Crippen LogP contribution in [0, 0.1) is 5.92 Å². The molecule has 2 heteroatoms. The van der Waals surface area contributed by atoms with Crippen LogP contribution in [-0.4, -0.2) is 12.6 Å². The Kier molecular flexibility index (Phi) is 4.48. The largest absolute Gasteiger partial charge is 0.290 e. The van der Waals surface area contributed by atoms with Crippen molar-refractivity contribution < 1.29 is 9.59 Å². The maximum atomic E-state index is 10.6. The van der Waals surface area contributed by atoms with Gasteiger partial charge in [0.25, 0.3) is 0 Å². The van der Waals surface area contributed by atoms with Gasteiger partial charge in [-0.05, 0) is 12.0 Å². The predicted molar refractivity (Wildman–Crippen MR) is 58.9 cm³/mol. The summed E-state index contributed by atoms with van der Waals surface area (Å²) in [5, 5.41) is 0. The molecule has 0 saturated carbocycles. The fourth-order valence-electron chi connectivity index (χ4n) is 1.53. The van der Waals surface area contributed by atoms with E-state index in [2.05, 4.69) is 6.58 Å². The molecule has 1 aromatic carbocycles. The first-order valence-corrected chi connectivity index (χ1v) is 4.74. The summed E-state index contributed by atoms with van der Waals surface area (Å²) in [5.74, 6) is -1.02. The van der Waals surface area contributed by atoms with Crippen molar-refractivity contribution in [3.63, 3.8) is 0 Å². The lowest BCUT2D eigenvalue weighted by atomic mass is 9.85. The van der Waals surface area contributed by atoms with Crippen molar-refractivity contribution in [1.82, 2.24) is 0 Å². The summed E-state index contributed by atoms with van der Waals surface area (Å²) in [5.41, 5.74) is 0.939. The Hall–Kier alpha value is -1.70. The van der Waals surface area contributed by atoms with Gasteiger partial charge in [-0.25, -0.2) is 0 Å². The zero-order chi connectivity index (χ0) is 11.1. The van der Waals surface area contributed by atoms with Gasteiger partial charge in [-0.2, -0.15) is 0 Å². The van der Waals surface area contributed by atoms with Gasteiger partial charge in [0.15, 0.2) is 0 Å². The summed E-state index contributed by atoms with van der Waals surface area (Å²) in [7, 11) is 0. The van der Waals surface area contributed by atoms with E-state index in [0.717, 1.165) is 5.56 Å². The first kappa shape index (κ1) is 11.4. The molecule has 1 aromatic rings. The lowest BCUT2D eigenvalue weighted by Crippen LogP contribution is -2.15. The van der Waals surface area contributed by atoms with Crippen LogP contribution in [-0.2, 0) is 9.59 Å². The van der Waals surface area contributed by atoms with Crippen LogP contribution in [0.3, 0.4) is 0 Å². The minimum Gasteiger partial charge on any atom is -0.290 e. The summed E-state index contributed by atoms with van der Waals surface area (Å²) in [4.78, 5) is 21.2. The highest BCUT2D eigenvalue weighted by Crippen LogP contribution is 2.26. The van der Waals surface area contributed by atoms with Gasteiger partial charge < -0.3 is 0 Å². The Morgan fingerprint density at radius 2 is 1.80 bits per heavy atom. The van der Waals surface area contributed by atoms with Crippen molar-refractivity contribution in [3.8, 4) is 0 Å². The quantitative estimate of drug-likeness (QED) is 0.521. The smallest absolute Gasteiger partial charge is 0.210 e. The molecule has 76 valence electrons. The number of rotatable bonds is 6. The Morgan fingerprint density at radius 3 is 2.27 bits per heavy atom. The fourth-order valence-corrected chi connectivity index (χ4v) is 1.53. The molecule has 2 nitrogen and oxygen atoms in total. The van der Waals surface area contributed by atoms with Crippen LogP contribution in [0.5, 0.6) is 0 Å². The molecule has 0 bridgehead atoms. The number of hydrogen-bond acceptors (Lipinski definition) is 2. The van der Waals surface area contributed by atoms with Gasteiger partial charge in [0, 0.05) is 5.92 Å². The van der Waals surface area contributed by atoms with Gasteiger partial charge in [-0.3, -0.25) is 9.59 Å². The maximum Gasteiger partial charge on any atom is 0.210 e. The molecule has 1 atom stereocenters. The molecule has 1 unspecified atom stereocenters. The molecule has 0 aliphatic heterocycles. The Balaban J connectivity index is 2.96. The van der Waals surface area contributed by atoms with E-state index in [9.17, 15) is 9.59 Å². The predicted octanol–water partition coefficient (Wildman–Crippen LogP) is 2.18. The summed E-state index contributed by atoms with van der Waals surface area (Å²) in [6, 6.07) is 9.40. The van der Waals surface area contributed by atoms with Crippen LogP contribution >= 0.6 is 0 Å². The monoisotopic (exact) mass is 200 g/mol. The van der Waals surface area contributed by atoms with Crippen LogP contribution in [0.2, 0.25) is 0 Å². The minimum atomic E-state index is -0.828. The molecule has 0 spiro atoms. The van der Waals surface area contributed by atoms with Crippen LogP contribution < -0.4 is 0 Å². The lowest BCUT2D eigenvalue weighted by Gasteiger charge is -2.16. The normalized spacial score (nSPS) is 12.1. The second-order valence-corrected chi connectivity index (χ2v) is 3.25. The first-order chi connectivity index (χ1) is 7.33. The van der Waals surface area contributed by atoms with E-state index in [0.29, 0.717) is 6.42 Å². The zero-order valence-corrected chi connectivity index (χ0v) is 8.35. The molecule has 0 fully saturated rings. The van der Waals surface area contributed by atoms with Crippen molar-refractivity contribution in [1.29, 1.82) is 0 Å². The molecule has 0 heterocycles. The van der Waals surface area contributed by atoms with Crippen molar-refractivity contribution in [2.45, 2.75) is 12.3 Å². The summed E-state index contributed by atoms with van der Waals surface area (Å²) >= 11 is 0. The van der Waals surface area contributed by atoms with E-state index in [-0.39, 0.29) is 5.92 Å². The molecule has 0 saturated heterocycles. The van der Waals surface area contributed by atoms with E-state index in [4.69, 9.17) is 0 Å². The lowest BCUT2D eigenvalue weighted by molar-refractivity contribution is 0.492. The molecule has 0 amide bonds. The molecular formula is C13H12O2. The van der Waals surface area contributed by atoms with Crippen LogP contribution in [0.15, 0.2) is 43.0 Å². The van der Waals surface area contributed by atoms with Gasteiger partial charge in [-0.15, -0.1) is 6.58 Å². The van der Waals surface area contributed by atoms with Crippen molar-refractivity contribution >= 4 is 12.6 Å². The van der Waals surface area contributed by atoms with Crippen molar-refractivity contribution in [2.24, 2.45) is 5.92 Å². The van der Waals surface area contributed by atoms with Gasteiger partial charge in [-0.1, -0.05) is 36.4 Å². The van der Waals surface area contributed by atoms with Crippen molar-refractivity contribution in [2.75, 3.05) is 0 Å². The van der Waals surface area contributed by atoms with Crippen LogP contribution in [0.4, 0.5) is 0 Å². The Bertz CT molecular complexity index is 322. The molecule has 0 N–H and O–H groups in total. The van der Waals surface area contributed by atoms with E-state index in [1.165, 1.54) is 0 Å². The molecule has 1 rings (SSSR count). The van der Waals surface area contributed by atoms with E-state index >= 15 is 0 Å². The number of benzene rings is 1. The molecular weight excluding hydrogens is 188 g/mol. The maximum absolute atomic E-state index is 10.6. The van der Waals surface area contributed by atoms with E-state index in [1.807, 2.05) is 30.3 Å². The second kappa shape index (κ2) is 5.91. The Morgan fingerprint density at radius 1 is 1.20 bits per heavy atom. The first-order valence-electron chi connectivity index (χ1n) is 4.74. The zero-order valence-electron chi connectivity index (χ0n) is 8.35. The number of hydrogen-bond donors (Lipinski definition) is 0. The third kappa shape index (κ3) is 2.88. The van der Waals surface area contributed by atoms with Crippen molar-refractivity contribution in [3.05, 3.63) is 48.6 Å². The number of allylic oxidation sites excluding steroid dienone is 1. The highest BCUT2D eigenvalue weighted by molar-refractivity contribution is 5.79. The molecule has 15 heavy (non-hydrogen) atoms. The number of carbonyl (C=O) groups excluding carboxylic acids is 2. The molecule has 2 radical (unpaired) electrons. The standard InChI is InChI=1S/C13H12O2/c1-2-6-13(12(9-14)10-15)11-7-4-3-5-8-11/h2-5,7-8,12-13H,1,6H2. The third-order valence-corrected chi connectivity index (χ3v) is 2.30. The Labute approximate surface area is 89.6 Å². The topological polar surface area (TPSA) is 34.1 Å². The fraction of sp³-hybridized carbons (Fsp3) is 0.231. The summed E-state index contributed by atoms with van der Waals surface area (Å²) < 4.78 is 0. The van der Waals surface area contributed by atoms with Gasteiger partial charge in [0.05, 0.1) is 5.92 Å². The van der Waals surface area contributed by atoms with E-state index in [1.54, 1.807) is 18.6 Å². The molecule has 0 aliphatic rings. The second-order valence-electron chi connectivity index (χ2n) is 3.25. The summed E-state index contributed by atoms with van der Waals surface area (Å²) in [6.07, 6.45) is 5.69. The highest BCUT2D eigenvalue weighted by Gasteiger charge is 2.22. The summed E-state index contributed by atoms with van der Waals surface area (Å²) in [6.45, 7) is 3.62. The highest BCUT2D eigenvalue weighted by atomic mass is 16.1.